The summed E-state index contributed by atoms with van der Waals surface area (Å²) in [7, 11) is 0. The highest BCUT2D eigenvalue weighted by atomic mass is 16.2. The molecule has 1 aliphatic heterocycles. The van der Waals surface area contributed by atoms with E-state index in [-0.39, 0.29) is 17.9 Å². The highest BCUT2D eigenvalue weighted by molar-refractivity contribution is 5.96. The van der Waals surface area contributed by atoms with Crippen LogP contribution in [-0.4, -0.2) is 43.0 Å². The summed E-state index contributed by atoms with van der Waals surface area (Å²) < 4.78 is 0. The Bertz CT molecular complexity index is 915. The normalized spacial score (nSPS) is 16.5. The number of nitrogens with zero attached hydrogens (tertiary/aromatic N) is 2. The molecule has 0 radical (unpaired) electrons. The lowest BCUT2D eigenvalue weighted by atomic mass is 10.1. The second-order valence-corrected chi connectivity index (χ2v) is 8.04. The summed E-state index contributed by atoms with van der Waals surface area (Å²) in [4.78, 5) is 28.9. The maximum Gasteiger partial charge on any atom is 0.321 e. The molecule has 6 heteroatoms. The van der Waals surface area contributed by atoms with Crippen molar-refractivity contribution in [2.24, 2.45) is 5.92 Å². The van der Waals surface area contributed by atoms with E-state index in [2.05, 4.69) is 46.7 Å². The number of hydrogen-bond donors (Lipinski definition) is 2. The second-order valence-electron chi connectivity index (χ2n) is 8.04. The number of piperazine rings is 1. The van der Waals surface area contributed by atoms with Gasteiger partial charge in [-0.2, -0.15) is 0 Å². The molecule has 152 valence electrons. The van der Waals surface area contributed by atoms with Crippen molar-refractivity contribution in [2.75, 3.05) is 41.7 Å². The first-order valence-electron chi connectivity index (χ1n) is 10.3. The standard InChI is InChI=1S/C23H28N4O2/c1-16-4-3-5-20(14-16)26-10-12-27(13-11-26)23(29)25-21-15-19(9-6-17(21)2)24-22(28)18-7-8-18/h3-6,9,14-15,18H,7-8,10-13H2,1-2H3,(H,24,28)(H,25,29). The van der Waals surface area contributed by atoms with Crippen LogP contribution < -0.4 is 15.5 Å². The summed E-state index contributed by atoms with van der Waals surface area (Å²) in [5, 5.41) is 5.96. The Morgan fingerprint density at radius 3 is 2.38 bits per heavy atom. The number of aryl methyl sites for hydroxylation is 2. The highest BCUT2D eigenvalue weighted by Crippen LogP contribution is 2.31. The quantitative estimate of drug-likeness (QED) is 0.826. The lowest BCUT2D eigenvalue weighted by molar-refractivity contribution is -0.117. The van der Waals surface area contributed by atoms with E-state index in [1.807, 2.05) is 30.0 Å². The van der Waals surface area contributed by atoms with Gasteiger partial charge in [-0.15, -0.1) is 0 Å². The van der Waals surface area contributed by atoms with Gasteiger partial charge < -0.3 is 20.4 Å². The van der Waals surface area contributed by atoms with Crippen molar-refractivity contribution in [1.82, 2.24) is 4.90 Å². The fraction of sp³-hybridized carbons (Fsp3) is 0.391. The fourth-order valence-electron chi connectivity index (χ4n) is 3.61. The lowest BCUT2D eigenvalue weighted by Crippen LogP contribution is -2.50. The number of benzene rings is 2. The minimum atomic E-state index is -0.0948. The van der Waals surface area contributed by atoms with Crippen molar-refractivity contribution in [3.8, 4) is 0 Å². The average molecular weight is 393 g/mol. The van der Waals surface area contributed by atoms with Crippen molar-refractivity contribution in [3.63, 3.8) is 0 Å². The van der Waals surface area contributed by atoms with Gasteiger partial charge in [-0.1, -0.05) is 18.2 Å². The molecule has 0 aromatic heterocycles. The van der Waals surface area contributed by atoms with Gasteiger partial charge in [0.05, 0.1) is 0 Å². The number of anilines is 3. The van der Waals surface area contributed by atoms with Crippen molar-refractivity contribution >= 4 is 29.0 Å². The fourth-order valence-corrected chi connectivity index (χ4v) is 3.61. The maximum absolute atomic E-state index is 12.8. The number of amides is 3. The molecule has 0 unspecified atom stereocenters. The Balaban J connectivity index is 1.35. The molecule has 0 atom stereocenters. The minimum absolute atomic E-state index is 0.0680. The Kier molecular flexibility index (Phi) is 5.43. The maximum atomic E-state index is 12.8. The van der Waals surface area contributed by atoms with Crippen LogP contribution in [0.25, 0.3) is 0 Å². The van der Waals surface area contributed by atoms with E-state index in [1.165, 1.54) is 11.3 Å². The van der Waals surface area contributed by atoms with E-state index in [0.717, 1.165) is 42.9 Å². The van der Waals surface area contributed by atoms with Crippen molar-refractivity contribution in [3.05, 3.63) is 53.6 Å². The van der Waals surface area contributed by atoms with E-state index in [9.17, 15) is 9.59 Å². The first kappa shape index (κ1) is 19.3. The van der Waals surface area contributed by atoms with Crippen LogP contribution in [0.1, 0.15) is 24.0 Å². The Morgan fingerprint density at radius 2 is 1.69 bits per heavy atom. The molecule has 1 saturated heterocycles. The molecule has 29 heavy (non-hydrogen) atoms. The van der Waals surface area contributed by atoms with Gasteiger partial charge >= 0.3 is 6.03 Å². The topological polar surface area (TPSA) is 64.7 Å². The van der Waals surface area contributed by atoms with Crippen molar-refractivity contribution in [2.45, 2.75) is 26.7 Å². The summed E-state index contributed by atoms with van der Waals surface area (Å²) in [6.07, 6.45) is 1.94. The summed E-state index contributed by atoms with van der Waals surface area (Å²) in [5.74, 6) is 0.220. The number of carbonyl (C=O) groups excluding carboxylic acids is 2. The Labute approximate surface area is 171 Å². The third-order valence-electron chi connectivity index (χ3n) is 5.63. The number of urea groups is 1. The molecule has 1 heterocycles. The molecule has 0 spiro atoms. The van der Waals surface area contributed by atoms with Gasteiger partial charge in [0.25, 0.3) is 0 Å². The molecular formula is C23H28N4O2. The largest absolute Gasteiger partial charge is 0.368 e. The van der Waals surface area contributed by atoms with Crippen LogP contribution in [0, 0.1) is 19.8 Å². The minimum Gasteiger partial charge on any atom is -0.368 e. The molecule has 1 aliphatic carbocycles. The van der Waals surface area contributed by atoms with E-state index in [1.54, 1.807) is 0 Å². The molecule has 2 N–H and O–H groups in total. The van der Waals surface area contributed by atoms with Gasteiger partial charge in [-0.05, 0) is 62.1 Å². The Morgan fingerprint density at radius 1 is 0.931 bits per heavy atom. The van der Waals surface area contributed by atoms with Gasteiger partial charge in [0.15, 0.2) is 0 Å². The van der Waals surface area contributed by atoms with Crippen LogP contribution in [-0.2, 0) is 4.79 Å². The molecule has 1 saturated carbocycles. The zero-order chi connectivity index (χ0) is 20.4. The third kappa shape index (κ3) is 4.70. The molecule has 0 bridgehead atoms. The zero-order valence-electron chi connectivity index (χ0n) is 17.1. The smallest absolute Gasteiger partial charge is 0.321 e. The monoisotopic (exact) mass is 392 g/mol. The molecule has 2 aliphatic rings. The molecule has 2 fully saturated rings. The summed E-state index contributed by atoms with van der Waals surface area (Å²) in [5.41, 5.74) is 4.89. The van der Waals surface area contributed by atoms with Crippen LogP contribution >= 0.6 is 0 Å². The number of hydrogen-bond acceptors (Lipinski definition) is 3. The summed E-state index contributed by atoms with van der Waals surface area (Å²) >= 11 is 0. The van der Waals surface area contributed by atoms with Crippen LogP contribution in [0.4, 0.5) is 21.9 Å². The van der Waals surface area contributed by atoms with Crippen LogP contribution in [0.2, 0.25) is 0 Å². The van der Waals surface area contributed by atoms with Crippen molar-refractivity contribution < 1.29 is 9.59 Å². The molecule has 6 nitrogen and oxygen atoms in total. The van der Waals surface area contributed by atoms with E-state index < -0.39 is 0 Å². The van der Waals surface area contributed by atoms with Gasteiger partial charge in [-0.25, -0.2) is 4.79 Å². The van der Waals surface area contributed by atoms with Gasteiger partial charge in [0.2, 0.25) is 5.91 Å². The van der Waals surface area contributed by atoms with Gasteiger partial charge in [0, 0.05) is 49.2 Å². The predicted molar refractivity (Wildman–Crippen MR) is 117 cm³/mol. The summed E-state index contributed by atoms with van der Waals surface area (Å²) in [6, 6.07) is 14.0. The van der Waals surface area contributed by atoms with Gasteiger partial charge in [0.1, 0.15) is 0 Å². The van der Waals surface area contributed by atoms with Crippen LogP contribution in [0.5, 0.6) is 0 Å². The molecule has 4 rings (SSSR count). The lowest BCUT2D eigenvalue weighted by Gasteiger charge is -2.36. The first-order chi connectivity index (χ1) is 14.0. The highest BCUT2D eigenvalue weighted by Gasteiger charge is 2.29. The predicted octanol–water partition coefficient (Wildman–Crippen LogP) is 4.01. The first-order valence-corrected chi connectivity index (χ1v) is 10.3. The Hall–Kier alpha value is -3.02. The number of rotatable bonds is 4. The molecule has 2 aromatic carbocycles. The zero-order valence-corrected chi connectivity index (χ0v) is 17.1. The van der Waals surface area contributed by atoms with Crippen LogP contribution in [0.3, 0.4) is 0 Å². The summed E-state index contributed by atoms with van der Waals surface area (Å²) in [6.45, 7) is 7.03. The second kappa shape index (κ2) is 8.15. The van der Waals surface area contributed by atoms with E-state index in [0.29, 0.717) is 13.1 Å². The SMILES string of the molecule is Cc1cccc(N2CCN(C(=O)Nc3cc(NC(=O)C4CC4)ccc3C)CC2)c1. The average Bonchev–Trinajstić information content (AvgIpc) is 3.56. The van der Waals surface area contributed by atoms with E-state index in [4.69, 9.17) is 0 Å². The van der Waals surface area contributed by atoms with Crippen LogP contribution in [0.15, 0.2) is 42.5 Å². The molecule has 2 aromatic rings. The number of carbonyl (C=O) groups is 2. The van der Waals surface area contributed by atoms with Crippen molar-refractivity contribution in [1.29, 1.82) is 0 Å². The third-order valence-corrected chi connectivity index (χ3v) is 5.63. The number of nitrogens with one attached hydrogen (secondary N) is 2. The molecule has 3 amide bonds. The van der Waals surface area contributed by atoms with Gasteiger partial charge in [-0.3, -0.25) is 4.79 Å². The molecular weight excluding hydrogens is 364 g/mol. The van der Waals surface area contributed by atoms with E-state index >= 15 is 0 Å².